The maximum atomic E-state index is 12.8. The second-order valence-electron chi connectivity index (χ2n) is 8.58. The van der Waals surface area contributed by atoms with Crippen molar-refractivity contribution < 1.29 is 32.6 Å². The number of hydrogen-bond acceptors (Lipinski definition) is 4. The highest BCUT2D eigenvalue weighted by Gasteiger charge is 2.30. The molecule has 1 unspecified atom stereocenters. The maximum Gasteiger partial charge on any atom is 0.416 e. The molecule has 0 aliphatic rings. The lowest BCUT2D eigenvalue weighted by atomic mass is 10.0. The number of alkyl halides is 3. The maximum absolute atomic E-state index is 12.8. The number of nitrogens with zero attached hydrogens (tertiary/aromatic N) is 1. The van der Waals surface area contributed by atoms with Crippen LogP contribution >= 0.6 is 0 Å². The molecule has 9 heteroatoms. The van der Waals surface area contributed by atoms with Gasteiger partial charge in [0.25, 0.3) is 5.91 Å². The molecule has 1 aromatic heterocycles. The Morgan fingerprint density at radius 2 is 1.70 bits per heavy atom. The zero-order valence-electron chi connectivity index (χ0n) is 20.4. The lowest BCUT2D eigenvalue weighted by molar-refractivity contribution is -0.138. The van der Waals surface area contributed by atoms with Crippen LogP contribution in [0.1, 0.15) is 66.6 Å². The minimum Gasteiger partial charge on any atom is -0.486 e. The quantitative estimate of drug-likeness (QED) is 0.264. The molecule has 3 rings (SSSR count). The van der Waals surface area contributed by atoms with Crippen LogP contribution < -0.4 is 10.1 Å². The zero-order chi connectivity index (χ0) is 26.8. The van der Waals surface area contributed by atoms with E-state index in [1.54, 1.807) is 36.5 Å². The van der Waals surface area contributed by atoms with Crippen molar-refractivity contribution in [3.63, 3.8) is 0 Å². The Bertz CT molecular complexity index is 1160. The summed E-state index contributed by atoms with van der Waals surface area (Å²) < 4.78 is 44.7. The van der Waals surface area contributed by atoms with Crippen LogP contribution in [0.3, 0.4) is 0 Å². The van der Waals surface area contributed by atoms with Crippen molar-refractivity contribution in [1.29, 1.82) is 0 Å². The highest BCUT2D eigenvalue weighted by atomic mass is 19.4. The number of rotatable bonds is 12. The number of aromatic nitrogens is 1. The fourth-order valence-electron chi connectivity index (χ4n) is 3.70. The number of carboxylic acid groups (broad SMARTS) is 1. The standard InChI is InChI=1S/C28H29F3N2O4/c1-2-3-4-5-25(37-23-13-8-20(9-14-23)27(36)32-17-16-26(34)35)21-10-15-24(33-18-21)19-6-11-22(12-7-19)28(29,30)31/h6-15,18,25H,2-5,16-17H2,1H3,(H,32,36)(H,34,35). The largest absolute Gasteiger partial charge is 0.486 e. The summed E-state index contributed by atoms with van der Waals surface area (Å²) in [5, 5.41) is 11.2. The molecule has 0 spiro atoms. The number of benzene rings is 2. The fourth-order valence-corrected chi connectivity index (χ4v) is 3.70. The summed E-state index contributed by atoms with van der Waals surface area (Å²) in [5.41, 5.74) is 1.66. The number of carbonyl (C=O) groups is 2. The molecule has 1 atom stereocenters. The number of aliphatic carboxylic acids is 1. The van der Waals surface area contributed by atoms with Crippen LogP contribution in [0.25, 0.3) is 11.3 Å². The van der Waals surface area contributed by atoms with Crippen molar-refractivity contribution in [3.05, 3.63) is 83.6 Å². The Morgan fingerprint density at radius 1 is 1.00 bits per heavy atom. The van der Waals surface area contributed by atoms with Gasteiger partial charge in [0.05, 0.1) is 17.7 Å². The van der Waals surface area contributed by atoms with Gasteiger partial charge in [-0.25, -0.2) is 0 Å². The minimum absolute atomic E-state index is 0.0430. The van der Waals surface area contributed by atoms with Crippen molar-refractivity contribution in [3.8, 4) is 17.0 Å². The second kappa shape index (κ2) is 12.9. The molecule has 0 radical (unpaired) electrons. The number of carbonyl (C=O) groups excluding carboxylic acids is 1. The second-order valence-corrected chi connectivity index (χ2v) is 8.58. The Kier molecular flexibility index (Phi) is 9.65. The molecule has 6 nitrogen and oxygen atoms in total. The van der Waals surface area contributed by atoms with Gasteiger partial charge in [0.1, 0.15) is 11.9 Å². The Hall–Kier alpha value is -3.88. The van der Waals surface area contributed by atoms with Gasteiger partial charge in [0, 0.05) is 29.4 Å². The number of pyridine rings is 1. The Balaban J connectivity index is 1.70. The van der Waals surface area contributed by atoms with Gasteiger partial charge in [0.2, 0.25) is 0 Å². The molecule has 0 fully saturated rings. The molecule has 0 bridgehead atoms. The SMILES string of the molecule is CCCCCC(Oc1ccc(C(=O)NCCC(=O)O)cc1)c1ccc(-c2ccc(C(F)(F)F)cc2)nc1. The molecule has 196 valence electrons. The van der Waals surface area contributed by atoms with E-state index in [2.05, 4.69) is 17.2 Å². The molecule has 0 saturated heterocycles. The first-order valence-corrected chi connectivity index (χ1v) is 12.1. The van der Waals surface area contributed by atoms with Crippen molar-refractivity contribution >= 4 is 11.9 Å². The van der Waals surface area contributed by atoms with Crippen LogP contribution in [0.4, 0.5) is 13.2 Å². The highest BCUT2D eigenvalue weighted by Crippen LogP contribution is 2.31. The number of hydrogen-bond donors (Lipinski definition) is 2. The number of carboxylic acids is 1. The Labute approximate surface area is 213 Å². The predicted octanol–water partition coefficient (Wildman–Crippen LogP) is 6.67. The third-order valence-corrected chi connectivity index (χ3v) is 5.76. The van der Waals surface area contributed by atoms with E-state index in [9.17, 15) is 22.8 Å². The number of halogens is 3. The molecule has 0 aliphatic carbocycles. The smallest absolute Gasteiger partial charge is 0.416 e. The molecule has 1 heterocycles. The topological polar surface area (TPSA) is 88.5 Å². The first kappa shape index (κ1) is 27.7. The van der Waals surface area contributed by atoms with Gasteiger partial charge in [-0.2, -0.15) is 13.2 Å². The Morgan fingerprint density at radius 3 is 2.27 bits per heavy atom. The number of nitrogens with one attached hydrogen (secondary N) is 1. The van der Waals surface area contributed by atoms with E-state index in [0.717, 1.165) is 43.4 Å². The monoisotopic (exact) mass is 514 g/mol. The normalized spacial score (nSPS) is 12.1. The minimum atomic E-state index is -4.39. The van der Waals surface area contributed by atoms with Gasteiger partial charge < -0.3 is 15.2 Å². The third-order valence-electron chi connectivity index (χ3n) is 5.76. The lowest BCUT2D eigenvalue weighted by Gasteiger charge is -2.20. The van der Waals surface area contributed by atoms with Gasteiger partial charge in [0.15, 0.2) is 0 Å². The van der Waals surface area contributed by atoms with Crippen LogP contribution in [-0.2, 0) is 11.0 Å². The first-order valence-electron chi connectivity index (χ1n) is 12.1. The molecule has 1 amide bonds. The summed E-state index contributed by atoms with van der Waals surface area (Å²) in [6, 6.07) is 15.1. The first-order chi connectivity index (χ1) is 17.7. The van der Waals surface area contributed by atoms with E-state index in [0.29, 0.717) is 22.6 Å². The molecular formula is C28H29F3N2O4. The van der Waals surface area contributed by atoms with Crippen molar-refractivity contribution in [2.45, 2.75) is 51.3 Å². The van der Waals surface area contributed by atoms with Gasteiger partial charge in [-0.05, 0) is 55.3 Å². The average Bonchev–Trinajstić information content (AvgIpc) is 2.88. The molecule has 37 heavy (non-hydrogen) atoms. The predicted molar refractivity (Wildman–Crippen MR) is 133 cm³/mol. The summed E-state index contributed by atoms with van der Waals surface area (Å²) in [6.07, 6.45) is 0.595. The molecule has 0 saturated carbocycles. The molecular weight excluding hydrogens is 485 g/mol. The van der Waals surface area contributed by atoms with E-state index < -0.39 is 17.7 Å². The highest BCUT2D eigenvalue weighted by molar-refractivity contribution is 5.94. The number of unbranched alkanes of at least 4 members (excludes halogenated alkanes) is 2. The van der Waals surface area contributed by atoms with Crippen LogP contribution in [-0.4, -0.2) is 28.5 Å². The van der Waals surface area contributed by atoms with E-state index in [1.807, 2.05) is 6.07 Å². The summed E-state index contributed by atoms with van der Waals surface area (Å²) in [7, 11) is 0. The molecule has 0 aliphatic heterocycles. The van der Waals surface area contributed by atoms with Crippen LogP contribution in [0.2, 0.25) is 0 Å². The summed E-state index contributed by atoms with van der Waals surface area (Å²) >= 11 is 0. The van der Waals surface area contributed by atoms with Crippen molar-refractivity contribution in [2.75, 3.05) is 6.54 Å². The summed E-state index contributed by atoms with van der Waals surface area (Å²) in [5.74, 6) is -0.786. The lowest BCUT2D eigenvalue weighted by Crippen LogP contribution is -2.25. The molecule has 2 N–H and O–H groups in total. The van der Waals surface area contributed by atoms with E-state index in [-0.39, 0.29) is 25.0 Å². The van der Waals surface area contributed by atoms with Gasteiger partial charge in [-0.15, -0.1) is 0 Å². The third kappa shape index (κ3) is 8.34. The number of ether oxygens (including phenoxy) is 1. The van der Waals surface area contributed by atoms with E-state index >= 15 is 0 Å². The fraction of sp³-hybridized carbons (Fsp3) is 0.321. The van der Waals surface area contributed by atoms with E-state index in [1.165, 1.54) is 12.1 Å². The van der Waals surface area contributed by atoms with Gasteiger partial charge in [-0.1, -0.05) is 38.0 Å². The van der Waals surface area contributed by atoms with E-state index in [4.69, 9.17) is 9.84 Å². The van der Waals surface area contributed by atoms with Gasteiger partial charge >= 0.3 is 12.1 Å². The van der Waals surface area contributed by atoms with Crippen LogP contribution in [0.5, 0.6) is 5.75 Å². The van der Waals surface area contributed by atoms with Crippen molar-refractivity contribution in [1.82, 2.24) is 10.3 Å². The molecule has 2 aromatic carbocycles. The average molecular weight is 515 g/mol. The zero-order valence-corrected chi connectivity index (χ0v) is 20.4. The van der Waals surface area contributed by atoms with Crippen LogP contribution in [0.15, 0.2) is 66.9 Å². The van der Waals surface area contributed by atoms with Crippen molar-refractivity contribution in [2.24, 2.45) is 0 Å². The summed E-state index contributed by atoms with van der Waals surface area (Å²) in [4.78, 5) is 27.2. The summed E-state index contributed by atoms with van der Waals surface area (Å²) in [6.45, 7) is 2.15. The van der Waals surface area contributed by atoms with Crippen LogP contribution in [0, 0.1) is 0 Å². The number of amides is 1. The van der Waals surface area contributed by atoms with Gasteiger partial charge in [-0.3, -0.25) is 14.6 Å². The molecule has 3 aromatic rings.